The van der Waals surface area contributed by atoms with Gasteiger partial charge < -0.3 is 9.88 Å². The summed E-state index contributed by atoms with van der Waals surface area (Å²) < 4.78 is 2.79. The van der Waals surface area contributed by atoms with Gasteiger partial charge in [0.05, 0.1) is 5.56 Å². The molecule has 2 aromatic heterocycles. The summed E-state index contributed by atoms with van der Waals surface area (Å²) >= 11 is 4.84. The van der Waals surface area contributed by atoms with E-state index in [2.05, 4.69) is 34.2 Å². The Labute approximate surface area is 136 Å². The van der Waals surface area contributed by atoms with Crippen LogP contribution in [0.1, 0.15) is 39.8 Å². The van der Waals surface area contributed by atoms with E-state index in [9.17, 15) is 10.1 Å². The summed E-state index contributed by atoms with van der Waals surface area (Å²) in [5, 5.41) is 12.7. The zero-order valence-corrected chi connectivity index (χ0v) is 14.6. The molecule has 2 rings (SSSR count). The fourth-order valence-corrected chi connectivity index (χ4v) is 3.58. The fraction of sp³-hybridized carbons (Fsp3) is 0.333. The van der Waals surface area contributed by atoms with Crippen LogP contribution >= 0.6 is 27.3 Å². The summed E-state index contributed by atoms with van der Waals surface area (Å²) in [6.07, 6.45) is 2.84. The van der Waals surface area contributed by atoms with Crippen LogP contribution in [-0.2, 0) is 6.54 Å². The number of aromatic nitrogens is 1. The van der Waals surface area contributed by atoms with Gasteiger partial charge in [-0.25, -0.2) is 0 Å². The molecule has 0 saturated carbocycles. The molecule has 1 amide bonds. The van der Waals surface area contributed by atoms with Gasteiger partial charge in [0.15, 0.2) is 0 Å². The highest BCUT2D eigenvalue weighted by Gasteiger charge is 2.18. The van der Waals surface area contributed by atoms with Crippen molar-refractivity contribution in [2.45, 2.75) is 33.7 Å². The highest BCUT2D eigenvalue weighted by atomic mass is 79.9. The lowest BCUT2D eigenvalue weighted by atomic mass is 10.2. The van der Waals surface area contributed by atoms with E-state index < -0.39 is 0 Å². The van der Waals surface area contributed by atoms with Crippen LogP contribution in [0.25, 0.3) is 0 Å². The summed E-state index contributed by atoms with van der Waals surface area (Å²) in [5.74, 6) is -0.188. The third kappa shape index (κ3) is 3.20. The number of hydrogen-bond donors (Lipinski definition) is 1. The predicted molar refractivity (Wildman–Crippen MR) is 88.9 cm³/mol. The van der Waals surface area contributed by atoms with Crippen molar-refractivity contribution in [3.63, 3.8) is 0 Å². The van der Waals surface area contributed by atoms with Gasteiger partial charge in [-0.1, -0.05) is 6.92 Å². The van der Waals surface area contributed by atoms with Crippen molar-refractivity contribution in [3.05, 3.63) is 38.4 Å². The fourth-order valence-electron chi connectivity index (χ4n) is 2.11. The Morgan fingerprint density at radius 3 is 2.86 bits per heavy atom. The van der Waals surface area contributed by atoms with Crippen molar-refractivity contribution in [1.29, 1.82) is 5.26 Å². The molecule has 0 aliphatic carbocycles. The van der Waals surface area contributed by atoms with Crippen LogP contribution in [0, 0.1) is 25.2 Å². The number of halogens is 1. The maximum absolute atomic E-state index is 12.5. The molecular formula is C15H16BrN3OS. The molecule has 0 unspecified atom stereocenters. The standard InChI is InChI=1S/C15H16BrN3OS/c1-4-5-19-8-11(16)6-13(19)14(20)18-15-12(7-17)9(2)10(3)21-15/h6,8H,4-5H2,1-3H3,(H,18,20). The lowest BCUT2D eigenvalue weighted by Gasteiger charge is -2.07. The summed E-state index contributed by atoms with van der Waals surface area (Å²) in [5.41, 5.74) is 2.08. The molecule has 0 radical (unpaired) electrons. The molecule has 0 aromatic carbocycles. The molecule has 0 bridgehead atoms. The van der Waals surface area contributed by atoms with Crippen LogP contribution in [-0.4, -0.2) is 10.5 Å². The molecule has 0 atom stereocenters. The van der Waals surface area contributed by atoms with E-state index in [-0.39, 0.29) is 5.91 Å². The number of carbonyl (C=O) groups excluding carboxylic acids is 1. The largest absolute Gasteiger partial charge is 0.342 e. The van der Waals surface area contributed by atoms with Crippen LogP contribution in [0.5, 0.6) is 0 Å². The average molecular weight is 366 g/mol. The van der Waals surface area contributed by atoms with Crippen LogP contribution < -0.4 is 5.32 Å². The molecule has 6 heteroatoms. The second-order valence-corrected chi connectivity index (χ2v) is 6.93. The molecular weight excluding hydrogens is 350 g/mol. The summed E-state index contributed by atoms with van der Waals surface area (Å²) in [6.45, 7) is 6.70. The topological polar surface area (TPSA) is 57.8 Å². The number of carbonyl (C=O) groups is 1. The zero-order chi connectivity index (χ0) is 15.6. The SMILES string of the molecule is CCCn1cc(Br)cc1C(=O)Nc1sc(C)c(C)c1C#N. The number of amides is 1. The smallest absolute Gasteiger partial charge is 0.272 e. The molecule has 21 heavy (non-hydrogen) atoms. The Morgan fingerprint density at radius 2 is 2.24 bits per heavy atom. The molecule has 2 aromatic rings. The summed E-state index contributed by atoms with van der Waals surface area (Å²) in [7, 11) is 0. The van der Waals surface area contributed by atoms with E-state index in [0.717, 1.165) is 27.9 Å². The highest BCUT2D eigenvalue weighted by molar-refractivity contribution is 9.10. The number of hydrogen-bond acceptors (Lipinski definition) is 3. The first kappa shape index (κ1) is 15.8. The minimum atomic E-state index is -0.188. The summed E-state index contributed by atoms with van der Waals surface area (Å²) in [6, 6.07) is 3.96. The van der Waals surface area contributed by atoms with Crippen LogP contribution in [0.3, 0.4) is 0 Å². The number of nitriles is 1. The van der Waals surface area contributed by atoms with Crippen molar-refractivity contribution < 1.29 is 4.79 Å². The van der Waals surface area contributed by atoms with E-state index in [4.69, 9.17) is 0 Å². The predicted octanol–water partition coefficient (Wildman–Crippen LogP) is 4.46. The second kappa shape index (κ2) is 6.46. The molecule has 4 nitrogen and oxygen atoms in total. The van der Waals surface area contributed by atoms with Gasteiger partial charge in [-0.15, -0.1) is 11.3 Å². The quantitative estimate of drug-likeness (QED) is 0.868. The van der Waals surface area contributed by atoms with Crippen molar-refractivity contribution in [2.75, 3.05) is 5.32 Å². The molecule has 0 fully saturated rings. The van der Waals surface area contributed by atoms with Gasteiger partial charge in [0.1, 0.15) is 16.8 Å². The van der Waals surface area contributed by atoms with E-state index in [1.165, 1.54) is 11.3 Å². The number of thiophene rings is 1. The lowest BCUT2D eigenvalue weighted by Crippen LogP contribution is -2.16. The third-order valence-corrected chi connectivity index (χ3v) is 4.84. The van der Waals surface area contributed by atoms with Gasteiger partial charge in [-0.05, 0) is 47.8 Å². The maximum Gasteiger partial charge on any atom is 0.272 e. The average Bonchev–Trinajstić information content (AvgIpc) is 2.92. The Morgan fingerprint density at radius 1 is 1.52 bits per heavy atom. The Balaban J connectivity index is 2.31. The first-order valence-electron chi connectivity index (χ1n) is 6.65. The van der Waals surface area contributed by atoms with E-state index in [1.54, 1.807) is 6.07 Å². The van der Waals surface area contributed by atoms with Crippen molar-refractivity contribution in [2.24, 2.45) is 0 Å². The van der Waals surface area contributed by atoms with Crippen molar-refractivity contribution in [1.82, 2.24) is 4.57 Å². The van der Waals surface area contributed by atoms with Crippen LogP contribution in [0.15, 0.2) is 16.7 Å². The monoisotopic (exact) mass is 365 g/mol. The lowest BCUT2D eigenvalue weighted by molar-refractivity contribution is 0.101. The molecule has 0 spiro atoms. The third-order valence-electron chi connectivity index (χ3n) is 3.28. The summed E-state index contributed by atoms with van der Waals surface area (Å²) in [4.78, 5) is 13.5. The van der Waals surface area contributed by atoms with E-state index in [0.29, 0.717) is 16.3 Å². The van der Waals surface area contributed by atoms with Gasteiger partial charge in [-0.2, -0.15) is 5.26 Å². The Kier molecular flexibility index (Phi) is 4.86. The Hall–Kier alpha value is -1.58. The van der Waals surface area contributed by atoms with Gasteiger partial charge in [0.2, 0.25) is 0 Å². The van der Waals surface area contributed by atoms with E-state index in [1.807, 2.05) is 24.6 Å². The first-order valence-corrected chi connectivity index (χ1v) is 8.26. The number of anilines is 1. The number of nitrogens with zero attached hydrogens (tertiary/aromatic N) is 2. The molecule has 0 aliphatic rings. The molecule has 2 heterocycles. The number of nitrogens with one attached hydrogen (secondary N) is 1. The van der Waals surface area contributed by atoms with Gasteiger partial charge in [0, 0.05) is 22.1 Å². The van der Waals surface area contributed by atoms with Crippen LogP contribution in [0.4, 0.5) is 5.00 Å². The highest BCUT2D eigenvalue weighted by Crippen LogP contribution is 2.32. The normalized spacial score (nSPS) is 10.4. The molecule has 110 valence electrons. The van der Waals surface area contributed by atoms with E-state index >= 15 is 0 Å². The number of rotatable bonds is 4. The van der Waals surface area contributed by atoms with Crippen LogP contribution in [0.2, 0.25) is 0 Å². The number of aryl methyl sites for hydroxylation is 2. The van der Waals surface area contributed by atoms with Crippen molar-refractivity contribution in [3.8, 4) is 6.07 Å². The zero-order valence-electron chi connectivity index (χ0n) is 12.2. The molecule has 1 N–H and O–H groups in total. The van der Waals surface area contributed by atoms with Crippen molar-refractivity contribution >= 4 is 38.2 Å². The minimum absolute atomic E-state index is 0.188. The minimum Gasteiger partial charge on any atom is -0.342 e. The van der Waals surface area contributed by atoms with Gasteiger partial charge in [-0.3, -0.25) is 4.79 Å². The maximum atomic E-state index is 12.5. The molecule has 0 saturated heterocycles. The van der Waals surface area contributed by atoms with Gasteiger partial charge in [0.25, 0.3) is 5.91 Å². The second-order valence-electron chi connectivity index (χ2n) is 4.79. The molecule has 0 aliphatic heterocycles. The van der Waals surface area contributed by atoms with Gasteiger partial charge >= 0.3 is 0 Å². The Bertz CT molecular complexity index is 724. The first-order chi connectivity index (χ1) is 9.97.